The molecule has 0 heterocycles. The first-order valence-electron chi connectivity index (χ1n) is 6.84. The molecule has 0 amide bonds. The topological polar surface area (TPSA) is 56.5 Å². The molecule has 5 heteroatoms. The number of rotatable bonds is 9. The first-order chi connectivity index (χ1) is 9.54. The van der Waals surface area contributed by atoms with E-state index in [0.29, 0.717) is 10.9 Å². The van der Waals surface area contributed by atoms with E-state index >= 15 is 0 Å². The molecule has 0 aromatic heterocycles. The van der Waals surface area contributed by atoms with Crippen LogP contribution in [0.25, 0.3) is 0 Å². The summed E-state index contributed by atoms with van der Waals surface area (Å²) in [5.41, 5.74) is 7.46. The second-order valence-corrected chi connectivity index (χ2v) is 5.46. The highest BCUT2D eigenvalue weighted by Crippen LogP contribution is 2.22. The Kier molecular flexibility index (Phi) is 7.33. The first-order valence-corrected chi connectivity index (χ1v) is 7.25. The van der Waals surface area contributed by atoms with Crippen molar-refractivity contribution < 1.29 is 9.47 Å². The SMILES string of the molecule is COc1ccc(C(N)=S)c(NCCCOCC(C)C)c1. The van der Waals surface area contributed by atoms with Crippen molar-refractivity contribution >= 4 is 22.9 Å². The second kappa shape index (κ2) is 8.76. The van der Waals surface area contributed by atoms with Gasteiger partial charge in [0.2, 0.25) is 0 Å². The molecule has 0 aliphatic carbocycles. The molecule has 0 radical (unpaired) electrons. The van der Waals surface area contributed by atoms with E-state index in [-0.39, 0.29) is 0 Å². The molecule has 0 aliphatic heterocycles. The molecule has 3 N–H and O–H groups in total. The summed E-state index contributed by atoms with van der Waals surface area (Å²) >= 11 is 5.05. The summed E-state index contributed by atoms with van der Waals surface area (Å²) in [5, 5.41) is 3.33. The van der Waals surface area contributed by atoms with Crippen LogP contribution in [0.15, 0.2) is 18.2 Å². The largest absolute Gasteiger partial charge is 0.497 e. The van der Waals surface area contributed by atoms with Crippen LogP contribution < -0.4 is 15.8 Å². The van der Waals surface area contributed by atoms with Gasteiger partial charge in [0.1, 0.15) is 10.7 Å². The lowest BCUT2D eigenvalue weighted by Gasteiger charge is -2.13. The van der Waals surface area contributed by atoms with Gasteiger partial charge in [-0.05, 0) is 24.5 Å². The molecule has 1 aromatic rings. The summed E-state index contributed by atoms with van der Waals surface area (Å²) in [6.45, 7) is 6.64. The summed E-state index contributed by atoms with van der Waals surface area (Å²) in [5.74, 6) is 1.35. The lowest BCUT2D eigenvalue weighted by atomic mass is 10.1. The normalized spacial score (nSPS) is 10.6. The molecule has 20 heavy (non-hydrogen) atoms. The third-order valence-electron chi connectivity index (χ3n) is 2.72. The number of hydrogen-bond acceptors (Lipinski definition) is 4. The maximum Gasteiger partial charge on any atom is 0.120 e. The number of methoxy groups -OCH3 is 1. The van der Waals surface area contributed by atoms with Crippen LogP contribution in [0.2, 0.25) is 0 Å². The minimum absolute atomic E-state index is 0.381. The summed E-state index contributed by atoms with van der Waals surface area (Å²) in [6, 6.07) is 5.63. The van der Waals surface area contributed by atoms with E-state index < -0.39 is 0 Å². The van der Waals surface area contributed by atoms with Gasteiger partial charge in [-0.3, -0.25) is 0 Å². The minimum Gasteiger partial charge on any atom is -0.497 e. The molecule has 0 saturated carbocycles. The van der Waals surface area contributed by atoms with Crippen LogP contribution in [-0.4, -0.2) is 31.9 Å². The fourth-order valence-corrected chi connectivity index (χ4v) is 1.91. The zero-order chi connectivity index (χ0) is 15.0. The summed E-state index contributed by atoms with van der Waals surface area (Å²) in [7, 11) is 1.64. The van der Waals surface area contributed by atoms with Gasteiger partial charge in [-0.2, -0.15) is 0 Å². The zero-order valence-electron chi connectivity index (χ0n) is 12.4. The lowest BCUT2D eigenvalue weighted by Crippen LogP contribution is -2.15. The molecule has 0 aliphatic rings. The molecule has 0 bridgehead atoms. The van der Waals surface area contributed by atoms with Gasteiger partial charge in [-0.15, -0.1) is 0 Å². The summed E-state index contributed by atoms with van der Waals surface area (Å²) in [4.78, 5) is 0.381. The van der Waals surface area contributed by atoms with Crippen LogP contribution in [0.4, 0.5) is 5.69 Å². The molecule has 1 rings (SSSR count). The summed E-state index contributed by atoms with van der Waals surface area (Å²) in [6.07, 6.45) is 0.931. The fourth-order valence-electron chi connectivity index (χ4n) is 1.73. The average molecular weight is 296 g/mol. The van der Waals surface area contributed by atoms with Crippen LogP contribution in [0.1, 0.15) is 25.8 Å². The van der Waals surface area contributed by atoms with Gasteiger partial charge >= 0.3 is 0 Å². The Morgan fingerprint density at radius 2 is 2.15 bits per heavy atom. The molecular formula is C15H24N2O2S. The molecule has 0 unspecified atom stereocenters. The number of ether oxygens (including phenoxy) is 2. The molecule has 4 nitrogen and oxygen atoms in total. The van der Waals surface area contributed by atoms with Crippen LogP contribution in [0, 0.1) is 5.92 Å². The van der Waals surface area contributed by atoms with Crippen molar-refractivity contribution in [2.75, 3.05) is 32.2 Å². The second-order valence-electron chi connectivity index (χ2n) is 5.02. The van der Waals surface area contributed by atoms with Crippen LogP contribution >= 0.6 is 12.2 Å². The Morgan fingerprint density at radius 3 is 2.75 bits per heavy atom. The molecule has 0 spiro atoms. The van der Waals surface area contributed by atoms with Crippen molar-refractivity contribution in [1.82, 2.24) is 0 Å². The van der Waals surface area contributed by atoms with Gasteiger partial charge in [0.15, 0.2) is 0 Å². The van der Waals surface area contributed by atoms with Crippen molar-refractivity contribution in [3.8, 4) is 5.75 Å². The summed E-state index contributed by atoms with van der Waals surface area (Å²) < 4.78 is 10.8. The van der Waals surface area contributed by atoms with Gasteiger partial charge in [0, 0.05) is 37.1 Å². The highest BCUT2D eigenvalue weighted by Gasteiger charge is 2.06. The molecule has 112 valence electrons. The standard InChI is InChI=1S/C15H24N2O2S/c1-11(2)10-19-8-4-7-17-14-9-12(18-3)5-6-13(14)15(16)20/h5-6,9,11,17H,4,7-8,10H2,1-3H3,(H2,16,20). The third-order valence-corrected chi connectivity index (χ3v) is 2.94. The van der Waals surface area contributed by atoms with Crippen LogP contribution in [0.3, 0.4) is 0 Å². The van der Waals surface area contributed by atoms with E-state index in [1.165, 1.54) is 0 Å². The molecule has 0 saturated heterocycles. The van der Waals surface area contributed by atoms with E-state index in [0.717, 1.165) is 43.2 Å². The van der Waals surface area contributed by atoms with E-state index in [1.54, 1.807) is 7.11 Å². The monoisotopic (exact) mass is 296 g/mol. The Labute approximate surface area is 126 Å². The van der Waals surface area contributed by atoms with Crippen LogP contribution in [0.5, 0.6) is 5.75 Å². The van der Waals surface area contributed by atoms with Crippen LogP contribution in [-0.2, 0) is 4.74 Å². The molecule has 1 aromatic carbocycles. The van der Waals surface area contributed by atoms with Crippen molar-refractivity contribution in [1.29, 1.82) is 0 Å². The van der Waals surface area contributed by atoms with Crippen molar-refractivity contribution in [3.05, 3.63) is 23.8 Å². The Hall–Kier alpha value is -1.33. The van der Waals surface area contributed by atoms with Gasteiger partial charge in [-0.25, -0.2) is 0 Å². The van der Waals surface area contributed by atoms with Gasteiger partial charge in [0.25, 0.3) is 0 Å². The zero-order valence-corrected chi connectivity index (χ0v) is 13.3. The van der Waals surface area contributed by atoms with E-state index in [4.69, 9.17) is 27.4 Å². The molecule has 0 atom stereocenters. The predicted molar refractivity (Wildman–Crippen MR) is 87.6 cm³/mol. The van der Waals surface area contributed by atoms with E-state index in [2.05, 4.69) is 19.2 Å². The molecular weight excluding hydrogens is 272 g/mol. The lowest BCUT2D eigenvalue weighted by molar-refractivity contribution is 0.110. The number of thiocarbonyl (C=S) groups is 1. The highest BCUT2D eigenvalue weighted by molar-refractivity contribution is 7.80. The first kappa shape index (κ1) is 16.7. The number of benzene rings is 1. The minimum atomic E-state index is 0.381. The van der Waals surface area contributed by atoms with Gasteiger partial charge < -0.3 is 20.5 Å². The quantitative estimate of drug-likeness (QED) is 0.542. The fraction of sp³-hybridized carbons (Fsp3) is 0.533. The molecule has 0 fully saturated rings. The van der Waals surface area contributed by atoms with Gasteiger partial charge in [0.05, 0.1) is 7.11 Å². The average Bonchev–Trinajstić information content (AvgIpc) is 2.41. The maximum atomic E-state index is 5.72. The Balaban J connectivity index is 2.47. The number of nitrogens with one attached hydrogen (secondary N) is 1. The van der Waals surface area contributed by atoms with Gasteiger partial charge in [-0.1, -0.05) is 26.1 Å². The number of anilines is 1. The van der Waals surface area contributed by atoms with E-state index in [9.17, 15) is 0 Å². The Bertz CT molecular complexity index is 436. The smallest absolute Gasteiger partial charge is 0.120 e. The van der Waals surface area contributed by atoms with E-state index in [1.807, 2.05) is 18.2 Å². The highest BCUT2D eigenvalue weighted by atomic mass is 32.1. The maximum absolute atomic E-state index is 5.72. The Morgan fingerprint density at radius 1 is 1.40 bits per heavy atom. The predicted octanol–water partition coefficient (Wildman–Crippen LogP) is 2.80. The number of nitrogens with two attached hydrogens (primary N) is 1. The van der Waals surface area contributed by atoms with Crippen molar-refractivity contribution in [2.24, 2.45) is 11.7 Å². The van der Waals surface area contributed by atoms with Crippen molar-refractivity contribution in [2.45, 2.75) is 20.3 Å². The van der Waals surface area contributed by atoms with Crippen molar-refractivity contribution in [3.63, 3.8) is 0 Å². The third kappa shape index (κ3) is 5.75. The number of hydrogen-bond donors (Lipinski definition) is 2.